The minimum Gasteiger partial charge on any atom is -0.494 e. The van der Waals surface area contributed by atoms with Crippen molar-refractivity contribution in [3.63, 3.8) is 0 Å². The van der Waals surface area contributed by atoms with E-state index in [1.807, 2.05) is 13.8 Å². The lowest BCUT2D eigenvalue weighted by Gasteiger charge is -2.26. The van der Waals surface area contributed by atoms with Gasteiger partial charge in [-0.2, -0.15) is 0 Å². The van der Waals surface area contributed by atoms with E-state index in [2.05, 4.69) is 5.32 Å². The molecule has 0 spiro atoms. The van der Waals surface area contributed by atoms with Crippen LogP contribution in [0.4, 0.5) is 10.5 Å². The van der Waals surface area contributed by atoms with Gasteiger partial charge < -0.3 is 9.47 Å². The van der Waals surface area contributed by atoms with Crippen LogP contribution in [0.5, 0.6) is 11.5 Å². The molecule has 2 aromatic rings. The standard InChI is InChI=1S/C21H19ClN2O5/c1-3-28-16-10-5-13(18(12-16)29-4-2)11-17-19(25)23-21(27)24(20(17)26)15-8-6-14(22)7-9-15/h5-12H,3-4H2,1-2H3,(H,23,25,27). The van der Waals surface area contributed by atoms with Crippen LogP contribution in [0.3, 0.4) is 0 Å². The van der Waals surface area contributed by atoms with E-state index in [1.54, 1.807) is 30.3 Å². The van der Waals surface area contributed by atoms with Crippen molar-refractivity contribution in [3.05, 3.63) is 58.6 Å². The summed E-state index contributed by atoms with van der Waals surface area (Å²) in [7, 11) is 0. The first-order chi connectivity index (χ1) is 13.9. The molecular weight excluding hydrogens is 396 g/mol. The summed E-state index contributed by atoms with van der Waals surface area (Å²) in [5.41, 5.74) is 0.621. The van der Waals surface area contributed by atoms with Crippen LogP contribution >= 0.6 is 11.6 Å². The predicted molar refractivity (Wildman–Crippen MR) is 109 cm³/mol. The summed E-state index contributed by atoms with van der Waals surface area (Å²) in [6.07, 6.45) is 1.40. The van der Waals surface area contributed by atoms with Crippen molar-refractivity contribution < 1.29 is 23.9 Å². The van der Waals surface area contributed by atoms with Crippen LogP contribution < -0.4 is 19.7 Å². The quantitative estimate of drug-likeness (QED) is 0.574. The highest BCUT2D eigenvalue weighted by atomic mass is 35.5. The predicted octanol–water partition coefficient (Wildman–Crippen LogP) is 3.80. The highest BCUT2D eigenvalue weighted by Gasteiger charge is 2.37. The maximum Gasteiger partial charge on any atom is 0.335 e. The summed E-state index contributed by atoms with van der Waals surface area (Å²) >= 11 is 5.87. The Kier molecular flexibility index (Phi) is 6.19. The molecule has 1 saturated heterocycles. The fraction of sp³-hybridized carbons (Fsp3) is 0.190. The van der Waals surface area contributed by atoms with Gasteiger partial charge in [-0.25, -0.2) is 9.69 Å². The van der Waals surface area contributed by atoms with E-state index < -0.39 is 17.8 Å². The number of carbonyl (C=O) groups is 3. The number of nitrogens with zero attached hydrogens (tertiary/aromatic N) is 1. The Morgan fingerprint density at radius 1 is 1.00 bits per heavy atom. The van der Waals surface area contributed by atoms with Crippen LogP contribution in [0.25, 0.3) is 6.08 Å². The molecule has 1 N–H and O–H groups in total. The van der Waals surface area contributed by atoms with Crippen molar-refractivity contribution in [1.82, 2.24) is 5.32 Å². The fourth-order valence-corrected chi connectivity index (χ4v) is 2.93. The summed E-state index contributed by atoms with van der Waals surface area (Å²) in [4.78, 5) is 38.5. The molecule has 0 bridgehead atoms. The number of halogens is 1. The van der Waals surface area contributed by atoms with Gasteiger partial charge in [0.2, 0.25) is 0 Å². The maximum absolute atomic E-state index is 13.0. The van der Waals surface area contributed by atoms with Gasteiger partial charge in [0, 0.05) is 16.7 Å². The number of rotatable bonds is 6. The summed E-state index contributed by atoms with van der Waals surface area (Å²) < 4.78 is 11.1. The summed E-state index contributed by atoms with van der Waals surface area (Å²) in [6, 6.07) is 10.4. The lowest BCUT2D eigenvalue weighted by Crippen LogP contribution is -2.54. The van der Waals surface area contributed by atoms with E-state index in [-0.39, 0.29) is 5.57 Å². The lowest BCUT2D eigenvalue weighted by atomic mass is 10.1. The number of imide groups is 2. The molecule has 0 unspecified atom stereocenters. The first kappa shape index (κ1) is 20.4. The largest absolute Gasteiger partial charge is 0.494 e. The molecule has 29 heavy (non-hydrogen) atoms. The Morgan fingerprint density at radius 2 is 1.69 bits per heavy atom. The van der Waals surface area contributed by atoms with Crippen LogP contribution in [-0.2, 0) is 9.59 Å². The van der Waals surface area contributed by atoms with Crippen molar-refractivity contribution in [1.29, 1.82) is 0 Å². The number of hydrogen-bond donors (Lipinski definition) is 1. The van der Waals surface area contributed by atoms with Gasteiger partial charge in [0.15, 0.2) is 0 Å². The zero-order valence-electron chi connectivity index (χ0n) is 15.9. The van der Waals surface area contributed by atoms with Gasteiger partial charge in [-0.05, 0) is 56.3 Å². The Morgan fingerprint density at radius 3 is 2.34 bits per heavy atom. The molecule has 0 saturated carbocycles. The number of hydrogen-bond acceptors (Lipinski definition) is 5. The second-order valence-corrected chi connectivity index (χ2v) is 6.44. The molecule has 0 radical (unpaired) electrons. The third-order valence-corrected chi connectivity index (χ3v) is 4.33. The minimum atomic E-state index is -0.823. The minimum absolute atomic E-state index is 0.190. The molecule has 0 aromatic heterocycles. The Hall–Kier alpha value is -3.32. The number of nitrogens with one attached hydrogen (secondary N) is 1. The van der Waals surface area contributed by atoms with Crippen LogP contribution in [0, 0.1) is 0 Å². The summed E-state index contributed by atoms with van der Waals surface area (Å²) in [5, 5.41) is 2.65. The van der Waals surface area contributed by atoms with E-state index in [1.165, 1.54) is 18.2 Å². The smallest absolute Gasteiger partial charge is 0.335 e. The number of amides is 4. The van der Waals surface area contributed by atoms with Gasteiger partial charge in [-0.15, -0.1) is 0 Å². The molecule has 4 amide bonds. The van der Waals surface area contributed by atoms with E-state index >= 15 is 0 Å². The van der Waals surface area contributed by atoms with Crippen molar-refractivity contribution in [2.45, 2.75) is 13.8 Å². The first-order valence-electron chi connectivity index (χ1n) is 9.01. The maximum atomic E-state index is 13.0. The molecule has 3 rings (SSSR count). The highest BCUT2D eigenvalue weighted by Crippen LogP contribution is 2.29. The van der Waals surface area contributed by atoms with Gasteiger partial charge in [-0.1, -0.05) is 11.6 Å². The average Bonchev–Trinajstić information content (AvgIpc) is 2.68. The average molecular weight is 415 g/mol. The SMILES string of the molecule is CCOc1ccc(C=C2C(=O)NC(=O)N(c3ccc(Cl)cc3)C2=O)c(OCC)c1. The topological polar surface area (TPSA) is 84.9 Å². The summed E-state index contributed by atoms with van der Waals surface area (Å²) in [5.74, 6) is -0.448. The van der Waals surface area contributed by atoms with Crippen molar-refractivity contribution >= 4 is 41.2 Å². The van der Waals surface area contributed by atoms with Gasteiger partial charge in [0.25, 0.3) is 11.8 Å². The Balaban J connectivity index is 2.01. The molecule has 1 heterocycles. The van der Waals surface area contributed by atoms with Crippen LogP contribution in [-0.4, -0.2) is 31.1 Å². The zero-order chi connectivity index (χ0) is 21.0. The van der Waals surface area contributed by atoms with E-state index in [0.717, 1.165) is 4.90 Å². The number of carbonyl (C=O) groups excluding carboxylic acids is 3. The van der Waals surface area contributed by atoms with E-state index in [9.17, 15) is 14.4 Å². The highest BCUT2D eigenvalue weighted by molar-refractivity contribution is 6.39. The molecule has 0 aliphatic carbocycles. The molecule has 7 nitrogen and oxygen atoms in total. The number of ether oxygens (including phenoxy) is 2. The molecule has 2 aromatic carbocycles. The molecule has 1 aliphatic rings. The zero-order valence-corrected chi connectivity index (χ0v) is 16.7. The van der Waals surface area contributed by atoms with Gasteiger partial charge in [0.05, 0.1) is 18.9 Å². The molecule has 1 fully saturated rings. The Labute approximate surface area is 172 Å². The monoisotopic (exact) mass is 414 g/mol. The third-order valence-electron chi connectivity index (χ3n) is 4.08. The van der Waals surface area contributed by atoms with Crippen LogP contribution in [0.1, 0.15) is 19.4 Å². The van der Waals surface area contributed by atoms with Crippen molar-refractivity contribution in [3.8, 4) is 11.5 Å². The van der Waals surface area contributed by atoms with Crippen LogP contribution in [0.2, 0.25) is 5.02 Å². The fourth-order valence-electron chi connectivity index (χ4n) is 2.81. The molecule has 0 atom stereocenters. The van der Waals surface area contributed by atoms with E-state index in [0.29, 0.717) is 41.0 Å². The Bertz CT molecular complexity index is 985. The summed E-state index contributed by atoms with van der Waals surface area (Å²) in [6.45, 7) is 4.57. The second kappa shape index (κ2) is 8.79. The molecule has 1 aliphatic heterocycles. The number of benzene rings is 2. The van der Waals surface area contributed by atoms with Gasteiger partial charge in [0.1, 0.15) is 17.1 Å². The number of anilines is 1. The van der Waals surface area contributed by atoms with Gasteiger partial charge in [-0.3, -0.25) is 14.9 Å². The van der Waals surface area contributed by atoms with Crippen molar-refractivity contribution in [2.75, 3.05) is 18.1 Å². The normalized spacial score (nSPS) is 15.5. The number of barbiturate groups is 1. The van der Waals surface area contributed by atoms with Gasteiger partial charge >= 0.3 is 6.03 Å². The first-order valence-corrected chi connectivity index (χ1v) is 9.39. The van der Waals surface area contributed by atoms with E-state index in [4.69, 9.17) is 21.1 Å². The molecular formula is C21H19ClN2O5. The second-order valence-electron chi connectivity index (χ2n) is 6.00. The third kappa shape index (κ3) is 4.41. The lowest BCUT2D eigenvalue weighted by molar-refractivity contribution is -0.122. The molecule has 150 valence electrons. The number of urea groups is 1. The molecule has 8 heteroatoms. The van der Waals surface area contributed by atoms with Crippen LogP contribution in [0.15, 0.2) is 48.0 Å². The van der Waals surface area contributed by atoms with Crippen molar-refractivity contribution in [2.24, 2.45) is 0 Å².